The summed E-state index contributed by atoms with van der Waals surface area (Å²) in [5.41, 5.74) is 1.84. The molecule has 2 aromatic rings. The molecule has 0 saturated carbocycles. The number of esters is 1. The number of hydrogen-bond acceptors (Lipinski definition) is 6. The molecule has 3 rings (SSSR count). The van der Waals surface area contributed by atoms with E-state index in [2.05, 4.69) is 0 Å². The van der Waals surface area contributed by atoms with Gasteiger partial charge in [-0.15, -0.1) is 0 Å². The molecule has 2 aromatic carbocycles. The van der Waals surface area contributed by atoms with Gasteiger partial charge in [-0.3, -0.25) is 0 Å². The van der Waals surface area contributed by atoms with Gasteiger partial charge < -0.3 is 23.7 Å². The molecule has 6 nitrogen and oxygen atoms in total. The van der Waals surface area contributed by atoms with Crippen molar-refractivity contribution in [3.05, 3.63) is 59.2 Å². The zero-order valence-electron chi connectivity index (χ0n) is 15.6. The second kappa shape index (κ2) is 7.86. The number of ether oxygens (including phenoxy) is 5. The Balaban J connectivity index is 1.98. The lowest BCUT2D eigenvalue weighted by molar-refractivity contribution is -0.130. The lowest BCUT2D eigenvalue weighted by Crippen LogP contribution is -1.98. The topological polar surface area (TPSA) is 63.2 Å². The maximum absolute atomic E-state index is 12.3. The molecule has 140 valence electrons. The van der Waals surface area contributed by atoms with Crippen LogP contribution in [0.4, 0.5) is 0 Å². The van der Waals surface area contributed by atoms with E-state index in [0.717, 1.165) is 0 Å². The van der Waals surface area contributed by atoms with Crippen molar-refractivity contribution in [1.29, 1.82) is 0 Å². The molecule has 0 radical (unpaired) electrons. The first-order valence-corrected chi connectivity index (χ1v) is 8.19. The third kappa shape index (κ3) is 3.74. The van der Waals surface area contributed by atoms with E-state index in [1.807, 2.05) is 0 Å². The van der Waals surface area contributed by atoms with Crippen molar-refractivity contribution in [2.75, 3.05) is 28.4 Å². The fourth-order valence-corrected chi connectivity index (χ4v) is 2.74. The van der Waals surface area contributed by atoms with Crippen LogP contribution < -0.4 is 18.9 Å². The molecule has 0 spiro atoms. The quantitative estimate of drug-likeness (QED) is 0.572. The summed E-state index contributed by atoms with van der Waals surface area (Å²) in [7, 11) is 6.27. The highest BCUT2D eigenvalue weighted by Gasteiger charge is 2.23. The zero-order valence-corrected chi connectivity index (χ0v) is 15.6. The van der Waals surface area contributed by atoms with Crippen LogP contribution in [0.2, 0.25) is 0 Å². The Kier molecular flexibility index (Phi) is 5.35. The number of hydrogen-bond donors (Lipinski definition) is 0. The van der Waals surface area contributed by atoms with Crippen molar-refractivity contribution in [3.63, 3.8) is 0 Å². The van der Waals surface area contributed by atoms with E-state index < -0.39 is 5.97 Å². The molecule has 0 amide bonds. The number of rotatable bonds is 6. The molecule has 1 aliphatic rings. The van der Waals surface area contributed by atoms with Gasteiger partial charge in [0.1, 0.15) is 17.3 Å². The minimum atomic E-state index is -0.440. The maximum Gasteiger partial charge on any atom is 0.343 e. The number of cyclic esters (lactones) is 1. The number of methoxy groups -OCH3 is 4. The van der Waals surface area contributed by atoms with Gasteiger partial charge >= 0.3 is 5.97 Å². The number of carbonyl (C=O) groups is 1. The average Bonchev–Trinajstić information content (AvgIpc) is 3.07. The van der Waals surface area contributed by atoms with Gasteiger partial charge in [0.05, 0.1) is 34.0 Å². The second-order valence-electron chi connectivity index (χ2n) is 5.68. The lowest BCUT2D eigenvalue weighted by atomic mass is 10.1. The highest BCUT2D eigenvalue weighted by molar-refractivity contribution is 6.05. The summed E-state index contributed by atoms with van der Waals surface area (Å²) in [4.78, 5) is 12.3. The summed E-state index contributed by atoms with van der Waals surface area (Å²) < 4.78 is 26.6. The van der Waals surface area contributed by atoms with Crippen LogP contribution in [0.5, 0.6) is 23.0 Å². The minimum Gasteiger partial charge on any atom is -0.497 e. The Morgan fingerprint density at radius 1 is 0.815 bits per heavy atom. The fourth-order valence-electron chi connectivity index (χ4n) is 2.74. The third-order valence-corrected chi connectivity index (χ3v) is 4.14. The van der Waals surface area contributed by atoms with E-state index in [-0.39, 0.29) is 0 Å². The largest absolute Gasteiger partial charge is 0.497 e. The maximum atomic E-state index is 12.3. The van der Waals surface area contributed by atoms with E-state index in [1.165, 1.54) is 0 Å². The molecular weight excluding hydrogens is 348 g/mol. The molecule has 27 heavy (non-hydrogen) atoms. The monoisotopic (exact) mass is 368 g/mol. The van der Waals surface area contributed by atoms with Crippen molar-refractivity contribution in [3.8, 4) is 23.0 Å². The highest BCUT2D eigenvalue weighted by Crippen LogP contribution is 2.35. The smallest absolute Gasteiger partial charge is 0.343 e. The van der Waals surface area contributed by atoms with Crippen molar-refractivity contribution in [2.24, 2.45) is 0 Å². The predicted molar refractivity (Wildman–Crippen MR) is 101 cm³/mol. The fraction of sp³-hybridized carbons (Fsp3) is 0.190. The lowest BCUT2D eigenvalue weighted by Gasteiger charge is -2.09. The normalized spacial score (nSPS) is 14.6. The van der Waals surface area contributed by atoms with Gasteiger partial charge in [-0.05, 0) is 48.6 Å². The summed E-state index contributed by atoms with van der Waals surface area (Å²) in [6, 6.07) is 10.7. The van der Waals surface area contributed by atoms with Crippen molar-refractivity contribution >= 4 is 17.8 Å². The van der Waals surface area contributed by atoms with Crippen molar-refractivity contribution in [2.45, 2.75) is 0 Å². The van der Waals surface area contributed by atoms with Crippen LogP contribution in [0, 0.1) is 0 Å². The molecule has 0 saturated heterocycles. The molecule has 0 aromatic heterocycles. The first-order chi connectivity index (χ1) is 13.1. The van der Waals surface area contributed by atoms with Gasteiger partial charge in [-0.1, -0.05) is 0 Å². The van der Waals surface area contributed by atoms with Crippen LogP contribution in [0.15, 0.2) is 48.0 Å². The third-order valence-electron chi connectivity index (χ3n) is 4.14. The molecule has 0 unspecified atom stereocenters. The second-order valence-corrected chi connectivity index (χ2v) is 5.68. The predicted octanol–water partition coefficient (Wildman–Crippen LogP) is 3.70. The number of carbonyl (C=O) groups excluding carboxylic acids is 1. The van der Waals surface area contributed by atoms with Gasteiger partial charge in [-0.2, -0.15) is 0 Å². The van der Waals surface area contributed by atoms with Crippen molar-refractivity contribution < 1.29 is 28.5 Å². The SMILES string of the molecule is COc1ccc(OC)c(C=C2C=C(c3ccc(OC)c(OC)c3)OC2=O)c1. The molecule has 0 aliphatic carbocycles. The van der Waals surface area contributed by atoms with Crippen LogP contribution in [0.25, 0.3) is 11.8 Å². The summed E-state index contributed by atoms with van der Waals surface area (Å²) >= 11 is 0. The standard InChI is InChI=1S/C21H20O6/c1-23-16-6-8-17(24-2)14(10-16)9-15-12-19(27-21(15)22)13-5-7-18(25-3)20(11-13)26-4/h5-12H,1-4H3. The summed E-state index contributed by atoms with van der Waals surface area (Å²) in [5, 5.41) is 0. The Labute approximate surface area is 157 Å². The van der Waals surface area contributed by atoms with Crippen LogP contribution in [-0.2, 0) is 9.53 Å². The van der Waals surface area contributed by atoms with Crippen LogP contribution in [-0.4, -0.2) is 34.4 Å². The van der Waals surface area contributed by atoms with Crippen LogP contribution in [0.1, 0.15) is 11.1 Å². The first-order valence-electron chi connectivity index (χ1n) is 8.19. The Morgan fingerprint density at radius 3 is 2.19 bits per heavy atom. The molecule has 0 bridgehead atoms. The molecule has 1 heterocycles. The zero-order chi connectivity index (χ0) is 19.4. The van der Waals surface area contributed by atoms with E-state index in [1.54, 1.807) is 77.0 Å². The van der Waals surface area contributed by atoms with E-state index in [0.29, 0.717) is 45.5 Å². The average molecular weight is 368 g/mol. The molecule has 0 atom stereocenters. The molecular formula is C21H20O6. The van der Waals surface area contributed by atoms with Gasteiger partial charge in [0, 0.05) is 11.1 Å². The summed E-state index contributed by atoms with van der Waals surface area (Å²) in [5.74, 6) is 2.45. The Morgan fingerprint density at radius 2 is 1.52 bits per heavy atom. The molecule has 6 heteroatoms. The Bertz CT molecular complexity index is 926. The van der Waals surface area contributed by atoms with E-state index in [4.69, 9.17) is 23.7 Å². The molecule has 0 N–H and O–H groups in total. The Hall–Kier alpha value is -3.41. The van der Waals surface area contributed by atoms with Gasteiger partial charge in [0.2, 0.25) is 0 Å². The van der Waals surface area contributed by atoms with Gasteiger partial charge in [-0.25, -0.2) is 4.79 Å². The highest BCUT2D eigenvalue weighted by atomic mass is 16.5. The first kappa shape index (κ1) is 18.4. The van der Waals surface area contributed by atoms with Gasteiger partial charge in [0.15, 0.2) is 11.5 Å². The van der Waals surface area contributed by atoms with Crippen molar-refractivity contribution in [1.82, 2.24) is 0 Å². The van der Waals surface area contributed by atoms with Crippen LogP contribution >= 0.6 is 0 Å². The number of benzene rings is 2. The summed E-state index contributed by atoms with van der Waals surface area (Å²) in [6.07, 6.45) is 3.39. The van der Waals surface area contributed by atoms with E-state index in [9.17, 15) is 4.79 Å². The minimum absolute atomic E-state index is 0.409. The van der Waals surface area contributed by atoms with Gasteiger partial charge in [0.25, 0.3) is 0 Å². The van der Waals surface area contributed by atoms with Crippen LogP contribution in [0.3, 0.4) is 0 Å². The molecule has 0 fully saturated rings. The summed E-state index contributed by atoms with van der Waals surface area (Å²) in [6.45, 7) is 0. The van der Waals surface area contributed by atoms with E-state index >= 15 is 0 Å². The molecule has 1 aliphatic heterocycles.